The molecule has 1 amide bonds. The fourth-order valence-electron chi connectivity index (χ4n) is 2.77. The summed E-state index contributed by atoms with van der Waals surface area (Å²) in [4.78, 5) is 22.0. The SMILES string of the molecule is O=C(CSc1ncnc2scc(-c3ccccc3)c12)NCc1ccccc1. The Hall–Kier alpha value is -2.70. The van der Waals surface area contributed by atoms with Crippen molar-refractivity contribution in [1.82, 2.24) is 15.3 Å². The van der Waals surface area contributed by atoms with Gasteiger partial charge in [-0.15, -0.1) is 11.3 Å². The van der Waals surface area contributed by atoms with Gasteiger partial charge in [-0.05, 0) is 11.1 Å². The largest absolute Gasteiger partial charge is 0.351 e. The molecule has 4 aromatic rings. The van der Waals surface area contributed by atoms with Crippen molar-refractivity contribution in [3.05, 3.63) is 77.9 Å². The first-order chi connectivity index (χ1) is 13.3. The highest BCUT2D eigenvalue weighted by atomic mass is 32.2. The van der Waals surface area contributed by atoms with Crippen LogP contribution in [0.15, 0.2) is 77.4 Å². The van der Waals surface area contributed by atoms with Crippen LogP contribution in [0.1, 0.15) is 5.56 Å². The molecule has 27 heavy (non-hydrogen) atoms. The number of fused-ring (bicyclic) bond motifs is 1. The maximum Gasteiger partial charge on any atom is 0.230 e. The number of hydrogen-bond acceptors (Lipinski definition) is 5. The van der Waals surface area contributed by atoms with Crippen LogP contribution in [0.5, 0.6) is 0 Å². The molecule has 0 saturated heterocycles. The van der Waals surface area contributed by atoms with E-state index in [4.69, 9.17) is 0 Å². The molecular weight excluding hydrogens is 374 g/mol. The number of nitrogens with zero attached hydrogens (tertiary/aromatic N) is 2. The van der Waals surface area contributed by atoms with Crippen LogP contribution in [-0.4, -0.2) is 21.6 Å². The summed E-state index contributed by atoms with van der Waals surface area (Å²) >= 11 is 3.05. The zero-order valence-electron chi connectivity index (χ0n) is 14.5. The highest BCUT2D eigenvalue weighted by Crippen LogP contribution is 2.37. The van der Waals surface area contributed by atoms with Gasteiger partial charge in [-0.25, -0.2) is 9.97 Å². The zero-order chi connectivity index (χ0) is 18.5. The van der Waals surface area contributed by atoms with E-state index < -0.39 is 0 Å². The zero-order valence-corrected chi connectivity index (χ0v) is 16.1. The van der Waals surface area contributed by atoms with Crippen molar-refractivity contribution in [3.63, 3.8) is 0 Å². The average molecular weight is 392 g/mol. The second-order valence-corrected chi connectivity index (χ2v) is 7.75. The number of carbonyl (C=O) groups excluding carboxylic acids is 1. The molecule has 1 N–H and O–H groups in total. The van der Waals surface area contributed by atoms with Gasteiger partial charge in [0, 0.05) is 17.5 Å². The van der Waals surface area contributed by atoms with Gasteiger partial charge in [-0.1, -0.05) is 72.4 Å². The normalized spacial score (nSPS) is 10.8. The molecule has 134 valence electrons. The van der Waals surface area contributed by atoms with Crippen LogP contribution in [0.3, 0.4) is 0 Å². The molecule has 0 atom stereocenters. The van der Waals surface area contributed by atoms with Crippen LogP contribution >= 0.6 is 23.1 Å². The fraction of sp³-hybridized carbons (Fsp3) is 0.0952. The van der Waals surface area contributed by atoms with Gasteiger partial charge in [0.05, 0.1) is 11.1 Å². The van der Waals surface area contributed by atoms with Crippen molar-refractivity contribution in [1.29, 1.82) is 0 Å². The quantitative estimate of drug-likeness (QED) is 0.380. The maximum atomic E-state index is 12.2. The number of nitrogens with one attached hydrogen (secondary N) is 1. The number of rotatable bonds is 6. The molecule has 2 heterocycles. The minimum absolute atomic E-state index is 0.00731. The maximum absolute atomic E-state index is 12.2. The molecule has 0 fully saturated rings. The van der Waals surface area contributed by atoms with E-state index in [0.717, 1.165) is 31.9 Å². The van der Waals surface area contributed by atoms with Gasteiger partial charge in [0.15, 0.2) is 0 Å². The summed E-state index contributed by atoms with van der Waals surface area (Å²) in [6.45, 7) is 0.535. The summed E-state index contributed by atoms with van der Waals surface area (Å²) in [5, 5.41) is 6.93. The molecule has 2 aromatic carbocycles. The van der Waals surface area contributed by atoms with Crippen LogP contribution in [0.4, 0.5) is 0 Å². The molecule has 0 saturated carbocycles. The van der Waals surface area contributed by atoms with Crippen molar-refractivity contribution in [3.8, 4) is 11.1 Å². The minimum Gasteiger partial charge on any atom is -0.351 e. The van der Waals surface area contributed by atoms with E-state index in [-0.39, 0.29) is 5.91 Å². The molecule has 2 aromatic heterocycles. The minimum atomic E-state index is -0.00731. The molecule has 0 aliphatic carbocycles. The van der Waals surface area contributed by atoms with Crippen molar-refractivity contribution in [2.45, 2.75) is 11.6 Å². The molecule has 6 heteroatoms. The van der Waals surface area contributed by atoms with Crippen LogP contribution in [-0.2, 0) is 11.3 Å². The molecule has 0 aliphatic rings. The van der Waals surface area contributed by atoms with Gasteiger partial charge < -0.3 is 5.32 Å². The summed E-state index contributed by atoms with van der Waals surface area (Å²) in [6.07, 6.45) is 1.57. The van der Waals surface area contributed by atoms with Gasteiger partial charge in [-0.3, -0.25) is 4.79 Å². The Labute approximate surface area is 165 Å². The smallest absolute Gasteiger partial charge is 0.230 e. The second-order valence-electron chi connectivity index (χ2n) is 5.93. The summed E-state index contributed by atoms with van der Waals surface area (Å²) < 4.78 is 0. The van der Waals surface area contributed by atoms with Gasteiger partial charge in [0.2, 0.25) is 5.91 Å². The first-order valence-electron chi connectivity index (χ1n) is 8.52. The molecule has 0 radical (unpaired) electrons. The third-order valence-electron chi connectivity index (χ3n) is 4.09. The van der Waals surface area contributed by atoms with Crippen molar-refractivity contribution in [2.75, 3.05) is 5.75 Å². The second kappa shape index (κ2) is 8.33. The summed E-state index contributed by atoms with van der Waals surface area (Å²) in [5.41, 5.74) is 3.33. The molecule has 4 nitrogen and oxygen atoms in total. The van der Waals surface area contributed by atoms with Crippen LogP contribution in [0.2, 0.25) is 0 Å². The Bertz CT molecular complexity index is 1050. The highest BCUT2D eigenvalue weighted by molar-refractivity contribution is 8.00. The fourth-order valence-corrected chi connectivity index (χ4v) is 4.59. The van der Waals surface area contributed by atoms with E-state index >= 15 is 0 Å². The third-order valence-corrected chi connectivity index (χ3v) is 5.97. The first kappa shape index (κ1) is 17.7. The van der Waals surface area contributed by atoms with Gasteiger partial charge in [0.25, 0.3) is 0 Å². The molecule has 4 rings (SSSR count). The van der Waals surface area contributed by atoms with Crippen LogP contribution < -0.4 is 5.32 Å². The van der Waals surface area contributed by atoms with Gasteiger partial charge >= 0.3 is 0 Å². The van der Waals surface area contributed by atoms with Crippen molar-refractivity contribution >= 4 is 39.2 Å². The number of hydrogen-bond donors (Lipinski definition) is 1. The molecular formula is C21H17N3OS2. The van der Waals surface area contributed by atoms with Crippen LogP contribution in [0, 0.1) is 0 Å². The number of carbonyl (C=O) groups is 1. The standard InChI is InChI=1S/C21H17N3OS2/c25-18(22-11-15-7-3-1-4-8-15)13-27-21-19-17(16-9-5-2-6-10-16)12-26-20(19)23-14-24-21/h1-10,12,14H,11,13H2,(H,22,25). The predicted octanol–water partition coefficient (Wildman–Crippen LogP) is 4.77. The average Bonchev–Trinajstić information content (AvgIpc) is 3.17. The first-order valence-corrected chi connectivity index (χ1v) is 10.4. The summed E-state index contributed by atoms with van der Waals surface area (Å²) in [7, 11) is 0. The molecule has 0 bridgehead atoms. The van der Waals surface area contributed by atoms with Crippen molar-refractivity contribution < 1.29 is 4.79 Å². The predicted molar refractivity (Wildman–Crippen MR) is 112 cm³/mol. The topological polar surface area (TPSA) is 54.9 Å². The number of amides is 1. The third kappa shape index (κ3) is 4.18. The number of thioether (sulfide) groups is 1. The highest BCUT2D eigenvalue weighted by Gasteiger charge is 2.14. The Balaban J connectivity index is 1.49. The van der Waals surface area contributed by atoms with E-state index in [1.807, 2.05) is 48.5 Å². The van der Waals surface area contributed by atoms with Crippen LogP contribution in [0.25, 0.3) is 21.3 Å². The summed E-state index contributed by atoms with van der Waals surface area (Å²) in [5.74, 6) is 0.315. The monoisotopic (exact) mass is 391 g/mol. The number of aromatic nitrogens is 2. The number of benzene rings is 2. The lowest BCUT2D eigenvalue weighted by molar-refractivity contribution is -0.118. The Kier molecular flexibility index (Phi) is 5.46. The van der Waals surface area contributed by atoms with Gasteiger partial charge in [-0.2, -0.15) is 0 Å². The van der Waals surface area contributed by atoms with E-state index in [2.05, 4.69) is 32.8 Å². The Morgan fingerprint density at radius 3 is 2.52 bits per heavy atom. The Morgan fingerprint density at radius 1 is 1.00 bits per heavy atom. The number of thiophene rings is 1. The summed E-state index contributed by atoms with van der Waals surface area (Å²) in [6, 6.07) is 20.1. The van der Waals surface area contributed by atoms with Gasteiger partial charge in [0.1, 0.15) is 16.2 Å². The molecule has 0 aliphatic heterocycles. The van der Waals surface area contributed by atoms with E-state index in [1.165, 1.54) is 11.8 Å². The van der Waals surface area contributed by atoms with Crippen molar-refractivity contribution in [2.24, 2.45) is 0 Å². The van der Waals surface area contributed by atoms with E-state index in [9.17, 15) is 4.79 Å². The molecule has 0 spiro atoms. The van der Waals surface area contributed by atoms with E-state index in [1.54, 1.807) is 17.7 Å². The van der Waals surface area contributed by atoms with E-state index in [0.29, 0.717) is 12.3 Å². The Morgan fingerprint density at radius 2 is 1.74 bits per heavy atom. The molecule has 0 unspecified atom stereocenters. The lowest BCUT2D eigenvalue weighted by Crippen LogP contribution is -2.24. The lowest BCUT2D eigenvalue weighted by Gasteiger charge is -2.07. The lowest BCUT2D eigenvalue weighted by atomic mass is 10.1.